The molecule has 0 saturated heterocycles. The van der Waals surface area contributed by atoms with E-state index in [4.69, 9.17) is 20.4 Å². The summed E-state index contributed by atoms with van der Waals surface area (Å²) in [4.78, 5) is 110. The quantitative estimate of drug-likeness (QED) is 0.0645. The van der Waals surface area contributed by atoms with Crippen molar-refractivity contribution in [2.45, 2.75) is 0 Å². The molecule has 0 aliphatic carbocycles. The average Bonchev–Trinajstić information content (AvgIpc) is 3.98. The van der Waals surface area contributed by atoms with Gasteiger partial charge >= 0.3 is 47.2 Å². The second-order valence-corrected chi connectivity index (χ2v) is 10.2. The monoisotopic (exact) mass is 776 g/mol. The van der Waals surface area contributed by atoms with Crippen LogP contribution in [0, 0.1) is 0 Å². The van der Waals surface area contributed by atoms with Crippen molar-refractivity contribution in [2.24, 2.45) is 0 Å². The Balaban J connectivity index is 0.000000207. The molecule has 0 radical (unpaired) electrons. The van der Waals surface area contributed by atoms with Gasteiger partial charge in [0.05, 0.1) is 46.1 Å². The third kappa shape index (κ3) is 10.5. The van der Waals surface area contributed by atoms with Crippen molar-refractivity contribution in [1.82, 2.24) is 19.9 Å². The lowest BCUT2D eigenvalue weighted by Gasteiger charge is -2.13. The van der Waals surface area contributed by atoms with E-state index in [1.54, 1.807) is 0 Å². The highest BCUT2D eigenvalue weighted by Gasteiger charge is 2.21. The number of carbonyl (C=O) groups excluding carboxylic acids is 4. The molecule has 288 valence electrons. The van der Waals surface area contributed by atoms with Crippen molar-refractivity contribution in [3.63, 3.8) is 0 Å². The van der Waals surface area contributed by atoms with E-state index in [2.05, 4.69) is 39.9 Å². The maximum absolute atomic E-state index is 10.7. The first-order chi connectivity index (χ1) is 26.4. The minimum atomic E-state index is -1.94. The Bertz CT molecular complexity index is 1960. The Hall–Kier alpha value is -8.96. The SMILES string of the molecule is O=C([O-])c1cc(C(=O)[O-])c(C(=O)O)cc1C(=O)O.O=C([O-])c1cc(C(=O)[O-])c(C(=O)O)cc1C(=O)O.c1c[nH+]c(-c2[nH]cc[nH+]2)[nH]1.c1c[nH+]c(-c2[nH]cc[nH+]2)[nH]1. The lowest BCUT2D eigenvalue weighted by Crippen LogP contribution is -2.29. The largest absolute Gasteiger partial charge is 0.545 e. The average molecular weight is 777 g/mol. The number of aromatic nitrogens is 8. The molecule has 0 amide bonds. The van der Waals surface area contributed by atoms with E-state index in [-0.39, 0.29) is 0 Å². The zero-order valence-electron chi connectivity index (χ0n) is 27.6. The highest BCUT2D eigenvalue weighted by Crippen LogP contribution is 2.18. The van der Waals surface area contributed by atoms with Gasteiger partial charge in [-0.15, -0.1) is 0 Å². The summed E-state index contributed by atoms with van der Waals surface area (Å²) in [6.07, 6.45) is 14.7. The van der Waals surface area contributed by atoms with Gasteiger partial charge in [0.1, 0.15) is 49.6 Å². The van der Waals surface area contributed by atoms with Crippen LogP contribution in [-0.2, 0) is 0 Å². The van der Waals surface area contributed by atoms with Gasteiger partial charge in [-0.25, -0.2) is 59.0 Å². The second kappa shape index (κ2) is 18.5. The molecule has 0 aliphatic heterocycles. The van der Waals surface area contributed by atoms with E-state index in [1.807, 2.05) is 49.6 Å². The summed E-state index contributed by atoms with van der Waals surface area (Å²) < 4.78 is 0. The van der Waals surface area contributed by atoms with Gasteiger partial charge in [0.25, 0.3) is 0 Å². The first kappa shape index (κ1) is 41.5. The molecule has 12 N–H and O–H groups in total. The first-order valence-corrected chi connectivity index (χ1v) is 14.8. The Morgan fingerprint density at radius 3 is 0.661 bits per heavy atom. The third-order valence-electron chi connectivity index (χ3n) is 6.77. The van der Waals surface area contributed by atoms with Crippen molar-refractivity contribution < 1.29 is 99.1 Å². The molecule has 4 aromatic heterocycles. The fourth-order valence-corrected chi connectivity index (χ4v) is 4.33. The van der Waals surface area contributed by atoms with Gasteiger partial charge in [0.2, 0.25) is 0 Å². The molecule has 24 heteroatoms. The van der Waals surface area contributed by atoms with Crippen molar-refractivity contribution in [2.75, 3.05) is 0 Å². The maximum atomic E-state index is 10.7. The number of nitrogens with one attached hydrogen (secondary N) is 8. The molecule has 6 aromatic rings. The smallest absolute Gasteiger partial charge is 0.368 e. The van der Waals surface area contributed by atoms with Crippen LogP contribution >= 0.6 is 0 Å². The first-order valence-electron chi connectivity index (χ1n) is 14.8. The maximum Gasteiger partial charge on any atom is 0.368 e. The van der Waals surface area contributed by atoms with Gasteiger partial charge in [0.15, 0.2) is 0 Å². The Morgan fingerprint density at radius 1 is 0.357 bits per heavy atom. The van der Waals surface area contributed by atoms with Crippen LogP contribution in [0.4, 0.5) is 0 Å². The molecule has 0 atom stereocenters. The van der Waals surface area contributed by atoms with Gasteiger partial charge in [-0.3, -0.25) is 0 Å². The summed E-state index contributed by atoms with van der Waals surface area (Å²) in [5.41, 5.74) is -7.26. The molecule has 6 rings (SSSR count). The van der Waals surface area contributed by atoms with Crippen LogP contribution in [0.5, 0.6) is 0 Å². The predicted molar refractivity (Wildman–Crippen MR) is 165 cm³/mol. The Kier molecular flexibility index (Phi) is 13.7. The van der Waals surface area contributed by atoms with Crippen LogP contribution in [0.15, 0.2) is 73.8 Å². The molecule has 0 fully saturated rings. The van der Waals surface area contributed by atoms with Crippen LogP contribution < -0.4 is 40.4 Å². The number of carboxylic acid groups (broad SMARTS) is 8. The summed E-state index contributed by atoms with van der Waals surface area (Å²) in [7, 11) is 0. The number of imidazole rings is 4. The van der Waals surface area contributed by atoms with Crippen LogP contribution in [0.25, 0.3) is 23.3 Å². The minimum Gasteiger partial charge on any atom is -0.545 e. The lowest BCUT2D eigenvalue weighted by atomic mass is 9.98. The highest BCUT2D eigenvalue weighted by atomic mass is 16.4. The van der Waals surface area contributed by atoms with Gasteiger partial charge in [0, 0.05) is 22.3 Å². The molecule has 4 heterocycles. The zero-order valence-corrected chi connectivity index (χ0v) is 27.6. The molecule has 24 nitrogen and oxygen atoms in total. The molecule has 0 spiro atoms. The number of aromatic amines is 8. The number of hydrogen-bond acceptors (Lipinski definition) is 12. The molecule has 0 bridgehead atoms. The molecule has 0 aliphatic rings. The van der Waals surface area contributed by atoms with Crippen LogP contribution in [0.3, 0.4) is 0 Å². The van der Waals surface area contributed by atoms with Crippen LogP contribution in [0.2, 0.25) is 0 Å². The van der Waals surface area contributed by atoms with E-state index < -0.39 is 92.3 Å². The number of carboxylic acids is 8. The van der Waals surface area contributed by atoms with Crippen LogP contribution in [0.1, 0.15) is 82.9 Å². The van der Waals surface area contributed by atoms with Crippen molar-refractivity contribution in [1.29, 1.82) is 0 Å². The normalized spacial score (nSPS) is 9.86. The molecule has 2 aromatic carbocycles. The topological polar surface area (TPSA) is 429 Å². The van der Waals surface area contributed by atoms with E-state index in [0.29, 0.717) is 24.3 Å². The van der Waals surface area contributed by atoms with Crippen molar-refractivity contribution >= 4 is 47.8 Å². The molecular weight excluding hydrogens is 752 g/mol. The van der Waals surface area contributed by atoms with Crippen molar-refractivity contribution in [3.05, 3.63) is 118 Å². The fourth-order valence-electron chi connectivity index (χ4n) is 4.33. The van der Waals surface area contributed by atoms with Gasteiger partial charge in [-0.05, 0) is 24.3 Å². The van der Waals surface area contributed by atoms with Gasteiger partial charge < -0.3 is 60.0 Å². The summed E-state index contributed by atoms with van der Waals surface area (Å²) in [5, 5.41) is 77.4. The highest BCUT2D eigenvalue weighted by molar-refractivity contribution is 6.09. The number of rotatable bonds is 10. The zero-order chi connectivity index (χ0) is 41.7. The molecule has 0 unspecified atom stereocenters. The minimum absolute atomic E-state index is 0.386. The van der Waals surface area contributed by atoms with E-state index in [0.717, 1.165) is 23.3 Å². The van der Waals surface area contributed by atoms with Crippen LogP contribution in [-0.4, -0.2) is 88.1 Å². The fraction of sp³-hybridized carbons (Fsp3) is 0. The summed E-state index contributed by atoms with van der Waals surface area (Å²) >= 11 is 0. The second-order valence-electron chi connectivity index (χ2n) is 10.2. The number of H-pyrrole nitrogens is 8. The molecular formula is C32H24N8O16. The Labute approximate surface area is 308 Å². The summed E-state index contributed by atoms with van der Waals surface area (Å²) in [5.74, 6) is -10.8. The number of benzene rings is 2. The predicted octanol–water partition coefficient (Wildman–Crippen LogP) is -5.10. The van der Waals surface area contributed by atoms with Gasteiger partial charge in [-0.2, -0.15) is 0 Å². The third-order valence-corrected chi connectivity index (χ3v) is 6.77. The standard InChI is InChI=1S/2C10H6O8.2C6H6N4/c2*11-7(12)3-1-4(8(13)14)6(10(17)18)2-5(3)9(15)16;2*1-2-8-5(7-1)6-9-3-4-10-6/h2*1-2H,(H,11,12)(H,13,14)(H,15,16)(H,17,18);2*1-4H,(H,7,8)(H,9,10). The number of aromatic carboxylic acids is 8. The van der Waals surface area contributed by atoms with E-state index in [1.165, 1.54) is 0 Å². The van der Waals surface area contributed by atoms with E-state index >= 15 is 0 Å². The van der Waals surface area contributed by atoms with E-state index in [9.17, 15) is 58.8 Å². The lowest BCUT2D eigenvalue weighted by molar-refractivity contribution is -0.400. The molecule has 56 heavy (non-hydrogen) atoms. The summed E-state index contributed by atoms with van der Waals surface area (Å²) in [6, 6.07) is 1.64. The Morgan fingerprint density at radius 2 is 0.536 bits per heavy atom. The summed E-state index contributed by atoms with van der Waals surface area (Å²) in [6.45, 7) is 0. The van der Waals surface area contributed by atoms with Crippen molar-refractivity contribution in [3.8, 4) is 23.3 Å². The van der Waals surface area contributed by atoms with Gasteiger partial charge in [-0.1, -0.05) is 0 Å². The number of hydrogen-bond donors (Lipinski definition) is 8. The number of carbonyl (C=O) groups is 8. The molecule has 0 saturated carbocycles.